The van der Waals surface area contributed by atoms with E-state index in [1.54, 1.807) is 0 Å². The van der Waals surface area contributed by atoms with Crippen molar-refractivity contribution >= 4 is 5.69 Å². The van der Waals surface area contributed by atoms with Gasteiger partial charge in [-0.25, -0.2) is 0 Å². The van der Waals surface area contributed by atoms with E-state index in [1.807, 2.05) is 18.2 Å². The van der Waals surface area contributed by atoms with Crippen LogP contribution in [-0.2, 0) is 0 Å². The van der Waals surface area contributed by atoms with Crippen LogP contribution < -0.4 is 15.2 Å². The fraction of sp³-hybridized carbons (Fsp3) is 0.571. The van der Waals surface area contributed by atoms with E-state index in [9.17, 15) is 0 Å². The molecule has 0 fully saturated rings. The second kappa shape index (κ2) is 7.82. The van der Waals surface area contributed by atoms with E-state index in [1.165, 1.54) is 0 Å². The first-order chi connectivity index (χ1) is 8.29. The van der Waals surface area contributed by atoms with Gasteiger partial charge in [0, 0.05) is 0 Å². The largest absolute Gasteiger partial charge is 0.491 e. The zero-order valence-corrected chi connectivity index (χ0v) is 10.8. The molecule has 0 spiro atoms. The molecule has 0 saturated heterocycles. The number of benzene rings is 1. The van der Waals surface area contributed by atoms with Crippen LogP contribution >= 0.6 is 0 Å². The molecule has 1 aromatic carbocycles. The first-order valence-corrected chi connectivity index (χ1v) is 6.39. The second-order valence-electron chi connectivity index (χ2n) is 4.03. The molecule has 0 amide bonds. The van der Waals surface area contributed by atoms with E-state index in [2.05, 4.69) is 13.8 Å². The summed E-state index contributed by atoms with van der Waals surface area (Å²) in [6, 6.07) is 5.52. The van der Waals surface area contributed by atoms with Crippen LogP contribution in [0.4, 0.5) is 5.69 Å². The summed E-state index contributed by atoms with van der Waals surface area (Å²) in [7, 11) is 0. The molecular formula is C14H22NO2. The van der Waals surface area contributed by atoms with E-state index in [0.717, 1.165) is 25.7 Å². The van der Waals surface area contributed by atoms with Gasteiger partial charge in [-0.05, 0) is 25.0 Å². The van der Waals surface area contributed by atoms with Crippen LogP contribution in [0.2, 0.25) is 0 Å². The zero-order chi connectivity index (χ0) is 12.5. The lowest BCUT2D eigenvalue weighted by Crippen LogP contribution is -2.00. The lowest BCUT2D eigenvalue weighted by atomic mass is 10.2. The molecule has 0 aliphatic carbocycles. The minimum Gasteiger partial charge on any atom is -0.491 e. The Labute approximate surface area is 104 Å². The van der Waals surface area contributed by atoms with Crippen LogP contribution in [-0.4, -0.2) is 13.2 Å². The van der Waals surface area contributed by atoms with Gasteiger partial charge in [-0.1, -0.05) is 32.8 Å². The average Bonchev–Trinajstić information content (AvgIpc) is 2.34. The van der Waals surface area contributed by atoms with E-state index < -0.39 is 0 Å². The third kappa shape index (κ3) is 4.55. The van der Waals surface area contributed by atoms with Gasteiger partial charge in [-0.15, -0.1) is 0 Å². The fourth-order valence-corrected chi connectivity index (χ4v) is 1.40. The van der Waals surface area contributed by atoms with E-state index >= 15 is 0 Å². The number of unbranched alkanes of at least 4 members (excludes halogenated alkanes) is 2. The molecule has 17 heavy (non-hydrogen) atoms. The van der Waals surface area contributed by atoms with Crippen LogP contribution in [0.25, 0.3) is 0 Å². The third-order valence-electron chi connectivity index (χ3n) is 2.50. The highest BCUT2D eigenvalue weighted by atomic mass is 16.5. The van der Waals surface area contributed by atoms with Crippen molar-refractivity contribution in [2.75, 3.05) is 13.2 Å². The normalized spacial score (nSPS) is 10.2. The summed E-state index contributed by atoms with van der Waals surface area (Å²) in [6.07, 6.45) is 4.22. The average molecular weight is 236 g/mol. The smallest absolute Gasteiger partial charge is 0.148 e. The summed E-state index contributed by atoms with van der Waals surface area (Å²) in [6.45, 7) is 5.58. The van der Waals surface area contributed by atoms with Gasteiger partial charge < -0.3 is 9.47 Å². The first-order valence-electron chi connectivity index (χ1n) is 6.39. The molecule has 0 bridgehead atoms. The molecule has 1 N–H and O–H groups in total. The van der Waals surface area contributed by atoms with Gasteiger partial charge >= 0.3 is 0 Å². The van der Waals surface area contributed by atoms with Gasteiger partial charge in [0.25, 0.3) is 0 Å². The van der Waals surface area contributed by atoms with Crippen molar-refractivity contribution in [2.45, 2.75) is 39.5 Å². The van der Waals surface area contributed by atoms with Gasteiger partial charge in [-0.2, -0.15) is 0 Å². The van der Waals surface area contributed by atoms with E-state index in [-0.39, 0.29) is 0 Å². The lowest BCUT2D eigenvalue weighted by molar-refractivity contribution is 0.296. The highest BCUT2D eigenvalue weighted by molar-refractivity contribution is 5.59. The maximum atomic E-state index is 7.97. The molecule has 1 radical (unpaired) electrons. The second-order valence-corrected chi connectivity index (χ2v) is 4.03. The summed E-state index contributed by atoms with van der Waals surface area (Å²) >= 11 is 0. The Kier molecular flexibility index (Phi) is 6.30. The maximum Gasteiger partial charge on any atom is 0.148 e. The van der Waals surface area contributed by atoms with Crippen LogP contribution in [0.1, 0.15) is 39.5 Å². The highest BCUT2D eigenvalue weighted by Crippen LogP contribution is 2.33. The summed E-state index contributed by atoms with van der Waals surface area (Å²) in [4.78, 5) is 0. The summed E-state index contributed by atoms with van der Waals surface area (Å²) in [5.41, 5.74) is 8.33. The molecule has 95 valence electrons. The maximum absolute atomic E-state index is 7.97. The van der Waals surface area contributed by atoms with E-state index in [4.69, 9.17) is 15.2 Å². The molecule has 0 heterocycles. The minimum atomic E-state index is 0.361. The topological polar surface area (TPSA) is 42.3 Å². The summed E-state index contributed by atoms with van der Waals surface area (Å²) < 4.78 is 11.1. The Bertz CT molecular complexity index is 298. The molecular weight excluding hydrogens is 214 g/mol. The Balaban J connectivity index is 2.56. The molecule has 3 nitrogen and oxygen atoms in total. The van der Waals surface area contributed by atoms with Crippen LogP contribution in [0.15, 0.2) is 18.2 Å². The predicted octanol–water partition coefficient (Wildman–Crippen LogP) is 3.96. The van der Waals surface area contributed by atoms with Gasteiger partial charge in [0.2, 0.25) is 0 Å². The lowest BCUT2D eigenvalue weighted by Gasteiger charge is -2.12. The predicted molar refractivity (Wildman–Crippen MR) is 70.0 cm³/mol. The quantitative estimate of drug-likeness (QED) is 0.641. The van der Waals surface area contributed by atoms with Crippen molar-refractivity contribution < 1.29 is 9.47 Å². The molecule has 0 saturated carbocycles. The Morgan fingerprint density at radius 2 is 1.41 bits per heavy atom. The van der Waals surface area contributed by atoms with Crippen molar-refractivity contribution in [3.8, 4) is 11.5 Å². The fourth-order valence-electron chi connectivity index (χ4n) is 1.40. The molecule has 0 aromatic heterocycles. The zero-order valence-electron chi connectivity index (χ0n) is 10.8. The number of nitrogens with one attached hydrogen (secondary N) is 1. The van der Waals surface area contributed by atoms with Crippen molar-refractivity contribution in [1.29, 1.82) is 0 Å². The third-order valence-corrected chi connectivity index (χ3v) is 2.50. The van der Waals surface area contributed by atoms with Gasteiger partial charge in [0.1, 0.15) is 17.2 Å². The van der Waals surface area contributed by atoms with Gasteiger partial charge in [-0.3, -0.25) is 5.73 Å². The number of ether oxygens (including phenoxy) is 2. The first kappa shape index (κ1) is 13.7. The van der Waals surface area contributed by atoms with Crippen molar-refractivity contribution in [3.05, 3.63) is 18.2 Å². The van der Waals surface area contributed by atoms with Crippen molar-refractivity contribution in [3.63, 3.8) is 0 Å². The molecule has 0 unspecified atom stereocenters. The number of rotatable bonds is 8. The molecule has 0 atom stereocenters. The highest BCUT2D eigenvalue weighted by Gasteiger charge is 2.07. The Morgan fingerprint density at radius 3 is 1.82 bits per heavy atom. The standard InChI is InChI=1S/C14H22NO2/c1-3-5-10-16-12-8-7-9-13(14(12)15)17-11-6-4-2/h7-9,15H,3-6,10-11H2,1-2H3. The van der Waals surface area contributed by atoms with E-state index in [0.29, 0.717) is 30.4 Å². The van der Waals surface area contributed by atoms with Crippen LogP contribution in [0.5, 0.6) is 11.5 Å². The van der Waals surface area contributed by atoms with Gasteiger partial charge in [0.15, 0.2) is 0 Å². The molecule has 1 aromatic rings. The summed E-state index contributed by atoms with van der Waals surface area (Å²) in [5.74, 6) is 1.24. The Hall–Kier alpha value is -1.38. The minimum absolute atomic E-state index is 0.361. The monoisotopic (exact) mass is 236 g/mol. The summed E-state index contributed by atoms with van der Waals surface area (Å²) in [5, 5.41) is 0. The Morgan fingerprint density at radius 1 is 0.941 bits per heavy atom. The number of hydrogen-bond acceptors (Lipinski definition) is 2. The van der Waals surface area contributed by atoms with Crippen LogP contribution in [0.3, 0.4) is 0 Å². The molecule has 3 heteroatoms. The molecule has 0 aliphatic rings. The van der Waals surface area contributed by atoms with Crippen LogP contribution in [0, 0.1) is 0 Å². The van der Waals surface area contributed by atoms with Crippen molar-refractivity contribution in [2.24, 2.45) is 0 Å². The number of hydrogen-bond donors (Lipinski definition) is 0. The molecule has 1 rings (SSSR count). The molecule has 0 aliphatic heterocycles. The van der Waals surface area contributed by atoms with Gasteiger partial charge in [0.05, 0.1) is 13.2 Å². The SMILES string of the molecule is CCCCOc1cccc(OCCCC)c1[NH]. The van der Waals surface area contributed by atoms with Crippen molar-refractivity contribution in [1.82, 2.24) is 5.73 Å².